The van der Waals surface area contributed by atoms with Crippen LogP contribution in [0.15, 0.2) is 54.1 Å². The van der Waals surface area contributed by atoms with E-state index in [2.05, 4.69) is 61.7 Å². The fraction of sp³-hybridized carbons (Fsp3) is 0.500. The fourth-order valence-electron chi connectivity index (χ4n) is 4.14. The Kier molecular flexibility index (Phi) is 6.31. The van der Waals surface area contributed by atoms with E-state index in [0.29, 0.717) is 0 Å². The minimum absolute atomic E-state index is 0.867. The summed E-state index contributed by atoms with van der Waals surface area (Å²) >= 11 is 0. The predicted molar refractivity (Wildman–Crippen MR) is 110 cm³/mol. The third-order valence-electron chi connectivity index (χ3n) is 5.74. The number of nitrogens with zero attached hydrogens (tertiary/aromatic N) is 1. The quantitative estimate of drug-likeness (QED) is 0.574. The standard InChI is InChI=1S/C24H33N/c1-4-20-5-9-23(10-6-20)24-11-7-22(8-12-24)18-25-15-13-21(14-16-25)17-19(2)3/h5-7,9-11,21H,2,4,8,12-18H2,1,3H3. The van der Waals surface area contributed by atoms with E-state index in [1.807, 2.05) is 0 Å². The van der Waals surface area contributed by atoms with Gasteiger partial charge in [0.25, 0.3) is 0 Å². The second kappa shape index (κ2) is 8.67. The number of likely N-dealkylation sites (tertiary alicyclic amines) is 1. The van der Waals surface area contributed by atoms with Gasteiger partial charge in [-0.15, -0.1) is 6.58 Å². The third-order valence-corrected chi connectivity index (χ3v) is 5.74. The molecule has 1 aromatic rings. The molecule has 1 heteroatoms. The minimum atomic E-state index is 0.867. The summed E-state index contributed by atoms with van der Waals surface area (Å²) in [5.41, 5.74) is 7.26. The lowest BCUT2D eigenvalue weighted by Crippen LogP contribution is -2.35. The van der Waals surface area contributed by atoms with Crippen LogP contribution in [0, 0.1) is 5.92 Å². The smallest absolute Gasteiger partial charge is 0.0196 e. The lowest BCUT2D eigenvalue weighted by atomic mass is 9.89. The van der Waals surface area contributed by atoms with Crippen molar-refractivity contribution in [2.24, 2.45) is 5.92 Å². The van der Waals surface area contributed by atoms with Crippen molar-refractivity contribution in [2.45, 2.75) is 52.4 Å². The molecule has 0 bridgehead atoms. The van der Waals surface area contributed by atoms with Crippen LogP contribution >= 0.6 is 0 Å². The summed E-state index contributed by atoms with van der Waals surface area (Å²) in [6.45, 7) is 12.1. The van der Waals surface area contributed by atoms with Gasteiger partial charge in [0.1, 0.15) is 0 Å². The summed E-state index contributed by atoms with van der Waals surface area (Å²) in [5.74, 6) is 0.867. The molecule has 1 nitrogen and oxygen atoms in total. The van der Waals surface area contributed by atoms with Crippen LogP contribution in [0.2, 0.25) is 0 Å². The Labute approximate surface area is 154 Å². The van der Waals surface area contributed by atoms with Gasteiger partial charge in [0, 0.05) is 6.54 Å². The molecule has 1 saturated heterocycles. The Balaban J connectivity index is 1.52. The molecule has 1 heterocycles. The Morgan fingerprint density at radius 2 is 1.80 bits per heavy atom. The van der Waals surface area contributed by atoms with Crippen molar-refractivity contribution in [3.63, 3.8) is 0 Å². The van der Waals surface area contributed by atoms with E-state index in [9.17, 15) is 0 Å². The lowest BCUT2D eigenvalue weighted by molar-refractivity contribution is 0.195. The van der Waals surface area contributed by atoms with Crippen LogP contribution in [0.4, 0.5) is 0 Å². The molecule has 0 N–H and O–H groups in total. The maximum atomic E-state index is 4.07. The van der Waals surface area contributed by atoms with Crippen molar-refractivity contribution < 1.29 is 0 Å². The first-order chi connectivity index (χ1) is 12.1. The van der Waals surface area contributed by atoms with Gasteiger partial charge in [0.15, 0.2) is 0 Å². The molecule has 1 aromatic carbocycles. The van der Waals surface area contributed by atoms with E-state index < -0.39 is 0 Å². The molecule has 0 atom stereocenters. The number of aryl methyl sites for hydroxylation is 1. The highest BCUT2D eigenvalue weighted by Gasteiger charge is 2.20. The van der Waals surface area contributed by atoms with Crippen LogP contribution in [-0.4, -0.2) is 24.5 Å². The minimum Gasteiger partial charge on any atom is -0.299 e. The SMILES string of the molecule is C=C(C)CC1CCN(CC2=CC=C(c3ccc(CC)cc3)CC2)CC1. The van der Waals surface area contributed by atoms with Crippen molar-refractivity contribution in [1.82, 2.24) is 4.90 Å². The maximum absolute atomic E-state index is 4.07. The number of hydrogen-bond acceptors (Lipinski definition) is 1. The Morgan fingerprint density at radius 3 is 2.36 bits per heavy atom. The molecule has 3 rings (SSSR count). The van der Waals surface area contributed by atoms with Gasteiger partial charge >= 0.3 is 0 Å². The molecular weight excluding hydrogens is 302 g/mol. The second-order valence-corrected chi connectivity index (χ2v) is 7.95. The van der Waals surface area contributed by atoms with Crippen LogP contribution in [0.3, 0.4) is 0 Å². The summed E-state index contributed by atoms with van der Waals surface area (Å²) < 4.78 is 0. The molecule has 134 valence electrons. The van der Waals surface area contributed by atoms with Gasteiger partial charge in [-0.1, -0.05) is 54.5 Å². The van der Waals surface area contributed by atoms with E-state index in [-0.39, 0.29) is 0 Å². The molecule has 0 aromatic heterocycles. The molecule has 1 fully saturated rings. The van der Waals surface area contributed by atoms with Crippen molar-refractivity contribution in [3.8, 4) is 0 Å². The molecule has 0 amide bonds. The highest BCUT2D eigenvalue weighted by molar-refractivity contribution is 5.69. The van der Waals surface area contributed by atoms with E-state index >= 15 is 0 Å². The average Bonchev–Trinajstić information content (AvgIpc) is 2.64. The van der Waals surface area contributed by atoms with Crippen molar-refractivity contribution in [1.29, 1.82) is 0 Å². The van der Waals surface area contributed by atoms with Crippen molar-refractivity contribution in [2.75, 3.05) is 19.6 Å². The molecule has 1 aliphatic heterocycles. The van der Waals surface area contributed by atoms with Crippen molar-refractivity contribution >= 4 is 5.57 Å². The third kappa shape index (κ3) is 5.19. The maximum Gasteiger partial charge on any atom is 0.0196 e. The summed E-state index contributed by atoms with van der Waals surface area (Å²) in [5, 5.41) is 0. The van der Waals surface area contributed by atoms with Crippen LogP contribution in [0.25, 0.3) is 5.57 Å². The number of rotatable bonds is 6. The first-order valence-corrected chi connectivity index (χ1v) is 9.98. The van der Waals surface area contributed by atoms with Crippen molar-refractivity contribution in [3.05, 3.63) is 65.3 Å². The van der Waals surface area contributed by atoms with Gasteiger partial charge in [-0.25, -0.2) is 0 Å². The second-order valence-electron chi connectivity index (χ2n) is 7.95. The average molecular weight is 336 g/mol. The predicted octanol–water partition coefficient (Wildman–Crippen LogP) is 6.03. The summed E-state index contributed by atoms with van der Waals surface area (Å²) in [6.07, 6.45) is 12.2. The monoisotopic (exact) mass is 335 g/mol. The topological polar surface area (TPSA) is 3.24 Å². The van der Waals surface area contributed by atoms with Crippen LogP contribution < -0.4 is 0 Å². The van der Waals surface area contributed by atoms with Gasteiger partial charge < -0.3 is 0 Å². The van der Waals surface area contributed by atoms with E-state index in [1.165, 1.54) is 74.0 Å². The lowest BCUT2D eigenvalue weighted by Gasteiger charge is -2.33. The van der Waals surface area contributed by atoms with Gasteiger partial charge in [0.05, 0.1) is 0 Å². The summed E-state index contributed by atoms with van der Waals surface area (Å²) in [7, 11) is 0. The number of benzene rings is 1. The van der Waals surface area contributed by atoms with E-state index in [4.69, 9.17) is 0 Å². The summed E-state index contributed by atoms with van der Waals surface area (Å²) in [4.78, 5) is 2.65. The molecule has 0 radical (unpaired) electrons. The van der Waals surface area contributed by atoms with Crippen LogP contribution in [-0.2, 0) is 6.42 Å². The zero-order chi connectivity index (χ0) is 17.6. The van der Waals surface area contributed by atoms with Crippen LogP contribution in [0.5, 0.6) is 0 Å². The largest absolute Gasteiger partial charge is 0.299 e. The van der Waals surface area contributed by atoms with Gasteiger partial charge in [-0.2, -0.15) is 0 Å². The van der Waals surface area contributed by atoms with E-state index in [0.717, 1.165) is 12.3 Å². The highest BCUT2D eigenvalue weighted by atomic mass is 15.1. The first-order valence-electron chi connectivity index (χ1n) is 9.98. The molecular formula is C24H33N. The fourth-order valence-corrected chi connectivity index (χ4v) is 4.14. The van der Waals surface area contributed by atoms with Gasteiger partial charge in [-0.3, -0.25) is 4.90 Å². The van der Waals surface area contributed by atoms with E-state index in [1.54, 1.807) is 5.57 Å². The molecule has 0 unspecified atom stereocenters. The van der Waals surface area contributed by atoms with Crippen LogP contribution in [0.1, 0.15) is 57.1 Å². The first kappa shape index (κ1) is 18.2. The van der Waals surface area contributed by atoms with Gasteiger partial charge in [-0.05, 0) is 81.2 Å². The Hall–Kier alpha value is -1.60. The molecule has 1 aliphatic carbocycles. The number of allylic oxidation sites excluding steroid dienone is 4. The zero-order valence-corrected chi connectivity index (χ0v) is 16.1. The highest BCUT2D eigenvalue weighted by Crippen LogP contribution is 2.29. The molecule has 25 heavy (non-hydrogen) atoms. The molecule has 0 spiro atoms. The normalized spacial score (nSPS) is 19.4. The van der Waals surface area contributed by atoms with Gasteiger partial charge in [0.2, 0.25) is 0 Å². The molecule has 2 aliphatic rings. The Bertz CT molecular complexity index is 639. The number of piperidine rings is 1. The summed E-state index contributed by atoms with van der Waals surface area (Å²) in [6, 6.07) is 9.11. The Morgan fingerprint density at radius 1 is 1.08 bits per heavy atom. The number of hydrogen-bond donors (Lipinski definition) is 0. The molecule has 0 saturated carbocycles. The zero-order valence-electron chi connectivity index (χ0n) is 16.1.